The quantitative estimate of drug-likeness (QED) is 0.754. The molecule has 2 heterocycles. The summed E-state index contributed by atoms with van der Waals surface area (Å²) >= 11 is 1.39. The number of rotatable bonds is 3. The number of nitrogens with one attached hydrogen (secondary N) is 1. The average Bonchev–Trinajstić information content (AvgIpc) is 2.92. The average molecular weight is 300 g/mol. The summed E-state index contributed by atoms with van der Waals surface area (Å²) in [6.07, 6.45) is -0.0414. The Morgan fingerprint density at radius 3 is 2.81 bits per heavy atom. The molecule has 0 fully saturated rings. The topological polar surface area (TPSA) is 72.0 Å². The van der Waals surface area contributed by atoms with Crippen LogP contribution in [0.15, 0.2) is 40.5 Å². The number of fused-ring (bicyclic) bond motifs is 1. The third kappa shape index (κ3) is 2.57. The molecule has 0 atom stereocenters. The molecule has 6 heteroatoms. The number of esters is 1. The highest BCUT2D eigenvalue weighted by Gasteiger charge is 2.14. The van der Waals surface area contributed by atoms with Crippen LogP contribution in [0, 0.1) is 0 Å². The maximum absolute atomic E-state index is 12.3. The summed E-state index contributed by atoms with van der Waals surface area (Å²) in [6, 6.07) is 9.67. The molecule has 0 saturated heterocycles. The third-order valence-corrected chi connectivity index (χ3v) is 3.99. The molecule has 0 spiro atoms. The monoisotopic (exact) mass is 300 g/mol. The number of nitrogens with zero attached hydrogens (tertiary/aromatic N) is 1. The molecule has 5 nitrogen and oxygen atoms in total. The van der Waals surface area contributed by atoms with E-state index >= 15 is 0 Å². The predicted octanol–water partition coefficient (Wildman–Crippen LogP) is 2.37. The van der Waals surface area contributed by atoms with Gasteiger partial charge in [0.1, 0.15) is 17.1 Å². The fourth-order valence-electron chi connectivity index (χ4n) is 2.12. The van der Waals surface area contributed by atoms with Gasteiger partial charge in [-0.1, -0.05) is 30.3 Å². The molecular weight excluding hydrogens is 288 g/mol. The van der Waals surface area contributed by atoms with E-state index in [0.29, 0.717) is 16.0 Å². The van der Waals surface area contributed by atoms with Crippen molar-refractivity contribution in [3.05, 3.63) is 51.9 Å². The van der Waals surface area contributed by atoms with Gasteiger partial charge in [0.25, 0.3) is 5.56 Å². The van der Waals surface area contributed by atoms with Crippen LogP contribution in [0.3, 0.4) is 0 Å². The smallest absolute Gasteiger partial charge is 0.313 e. The van der Waals surface area contributed by atoms with E-state index in [4.69, 9.17) is 0 Å². The Hall–Kier alpha value is -2.47. The van der Waals surface area contributed by atoms with Crippen LogP contribution in [0.2, 0.25) is 0 Å². The number of aromatic amines is 1. The van der Waals surface area contributed by atoms with E-state index < -0.39 is 5.97 Å². The zero-order chi connectivity index (χ0) is 14.8. The Bertz CT molecular complexity index is 852. The van der Waals surface area contributed by atoms with Gasteiger partial charge in [-0.25, -0.2) is 4.98 Å². The Morgan fingerprint density at radius 2 is 2.10 bits per heavy atom. The van der Waals surface area contributed by atoms with Crippen LogP contribution in [0.4, 0.5) is 0 Å². The van der Waals surface area contributed by atoms with Crippen molar-refractivity contribution in [3.63, 3.8) is 0 Å². The number of thiophene rings is 1. The number of carbonyl (C=O) groups is 1. The van der Waals surface area contributed by atoms with Crippen molar-refractivity contribution in [1.82, 2.24) is 9.97 Å². The van der Waals surface area contributed by atoms with E-state index in [0.717, 1.165) is 11.1 Å². The van der Waals surface area contributed by atoms with Gasteiger partial charge in [-0.15, -0.1) is 11.3 Å². The minimum atomic E-state index is -0.433. The van der Waals surface area contributed by atoms with Crippen molar-refractivity contribution >= 4 is 27.5 Å². The molecule has 0 bridgehead atoms. The van der Waals surface area contributed by atoms with Crippen molar-refractivity contribution in [2.45, 2.75) is 6.42 Å². The normalized spacial score (nSPS) is 10.7. The lowest BCUT2D eigenvalue weighted by molar-refractivity contribution is -0.139. The van der Waals surface area contributed by atoms with Crippen molar-refractivity contribution < 1.29 is 9.53 Å². The van der Waals surface area contributed by atoms with Crippen LogP contribution >= 0.6 is 11.3 Å². The van der Waals surface area contributed by atoms with Gasteiger partial charge in [0.05, 0.1) is 12.5 Å². The van der Waals surface area contributed by atoms with Crippen LogP contribution in [0.1, 0.15) is 5.82 Å². The molecule has 1 N–H and O–H groups in total. The van der Waals surface area contributed by atoms with Gasteiger partial charge < -0.3 is 9.72 Å². The fraction of sp³-hybridized carbons (Fsp3) is 0.133. The van der Waals surface area contributed by atoms with Gasteiger partial charge in [-0.05, 0) is 5.56 Å². The number of carbonyl (C=O) groups excluding carboxylic acids is 1. The summed E-state index contributed by atoms with van der Waals surface area (Å²) in [7, 11) is 1.30. The number of H-pyrrole nitrogens is 1. The number of methoxy groups -OCH3 is 1. The maximum Gasteiger partial charge on any atom is 0.313 e. The first-order valence-corrected chi connectivity index (χ1v) is 7.19. The predicted molar refractivity (Wildman–Crippen MR) is 81.4 cm³/mol. The lowest BCUT2D eigenvalue weighted by atomic mass is 10.1. The highest BCUT2D eigenvalue weighted by atomic mass is 32.1. The summed E-state index contributed by atoms with van der Waals surface area (Å²) in [5.74, 6) is -0.113. The molecule has 3 rings (SSSR count). The first-order valence-electron chi connectivity index (χ1n) is 6.31. The summed E-state index contributed by atoms with van der Waals surface area (Å²) in [5.41, 5.74) is 1.59. The summed E-state index contributed by atoms with van der Waals surface area (Å²) in [5, 5.41) is 2.46. The van der Waals surface area contributed by atoms with E-state index in [1.165, 1.54) is 18.4 Å². The molecule has 0 aliphatic heterocycles. The Balaban J connectivity index is 2.12. The molecule has 1 aromatic carbocycles. The van der Waals surface area contributed by atoms with E-state index in [2.05, 4.69) is 14.7 Å². The van der Waals surface area contributed by atoms with Gasteiger partial charge >= 0.3 is 5.97 Å². The number of benzene rings is 1. The molecule has 0 radical (unpaired) electrons. The highest BCUT2D eigenvalue weighted by Crippen LogP contribution is 2.30. The summed E-state index contributed by atoms with van der Waals surface area (Å²) in [4.78, 5) is 31.2. The molecular formula is C15H12N2O3S. The minimum Gasteiger partial charge on any atom is -0.469 e. The van der Waals surface area contributed by atoms with Crippen LogP contribution in [-0.2, 0) is 16.0 Å². The van der Waals surface area contributed by atoms with E-state index in [9.17, 15) is 9.59 Å². The molecule has 2 aromatic heterocycles. The highest BCUT2D eigenvalue weighted by molar-refractivity contribution is 7.17. The van der Waals surface area contributed by atoms with E-state index in [1.807, 2.05) is 35.7 Å². The van der Waals surface area contributed by atoms with Gasteiger partial charge in [0.2, 0.25) is 0 Å². The Kier molecular flexibility index (Phi) is 3.53. The summed E-state index contributed by atoms with van der Waals surface area (Å²) < 4.78 is 4.58. The van der Waals surface area contributed by atoms with Crippen LogP contribution in [0.5, 0.6) is 0 Å². The maximum atomic E-state index is 12.3. The molecule has 0 aliphatic carbocycles. The van der Waals surface area contributed by atoms with Crippen LogP contribution in [0.25, 0.3) is 21.3 Å². The molecule has 21 heavy (non-hydrogen) atoms. The van der Waals surface area contributed by atoms with Gasteiger partial charge in [0.15, 0.2) is 0 Å². The first kappa shape index (κ1) is 13.5. The Morgan fingerprint density at radius 1 is 1.33 bits per heavy atom. The number of ether oxygens (including phenoxy) is 1. The third-order valence-electron chi connectivity index (χ3n) is 3.12. The lowest BCUT2D eigenvalue weighted by Gasteiger charge is -2.01. The number of hydrogen-bond donors (Lipinski definition) is 1. The van der Waals surface area contributed by atoms with Crippen molar-refractivity contribution in [2.24, 2.45) is 0 Å². The molecule has 0 saturated carbocycles. The molecule has 106 valence electrons. The molecule has 3 aromatic rings. The zero-order valence-electron chi connectivity index (χ0n) is 11.3. The number of hydrogen-bond acceptors (Lipinski definition) is 5. The standard InChI is InChI=1S/C15H12N2O3S/c1-20-12(18)7-11-16-14(19)13-10(8-21-15(13)17-11)9-5-3-2-4-6-9/h2-6,8H,7H2,1H3,(H,16,17,19). The first-order chi connectivity index (χ1) is 10.2. The second-order valence-corrected chi connectivity index (χ2v) is 5.32. The second-order valence-electron chi connectivity index (χ2n) is 4.46. The van der Waals surface area contributed by atoms with Crippen LogP contribution in [-0.4, -0.2) is 23.0 Å². The zero-order valence-corrected chi connectivity index (χ0v) is 12.1. The SMILES string of the molecule is COC(=O)Cc1nc2scc(-c3ccccc3)c2c(=O)[nH]1. The minimum absolute atomic E-state index is 0.0414. The van der Waals surface area contributed by atoms with Crippen molar-refractivity contribution in [3.8, 4) is 11.1 Å². The number of aromatic nitrogens is 2. The van der Waals surface area contributed by atoms with Crippen LogP contribution < -0.4 is 5.56 Å². The van der Waals surface area contributed by atoms with Gasteiger partial charge in [-0.2, -0.15) is 0 Å². The van der Waals surface area contributed by atoms with Gasteiger partial charge in [0, 0.05) is 10.9 Å². The lowest BCUT2D eigenvalue weighted by Crippen LogP contribution is -2.15. The van der Waals surface area contributed by atoms with E-state index in [1.54, 1.807) is 0 Å². The molecule has 0 amide bonds. The second kappa shape index (κ2) is 5.49. The van der Waals surface area contributed by atoms with Crippen molar-refractivity contribution in [1.29, 1.82) is 0 Å². The molecule has 0 aliphatic rings. The van der Waals surface area contributed by atoms with Gasteiger partial charge in [-0.3, -0.25) is 9.59 Å². The summed E-state index contributed by atoms with van der Waals surface area (Å²) in [6.45, 7) is 0. The van der Waals surface area contributed by atoms with E-state index in [-0.39, 0.29) is 12.0 Å². The fourth-order valence-corrected chi connectivity index (χ4v) is 3.08. The molecule has 0 unspecified atom stereocenters. The Labute approximate surface area is 124 Å². The van der Waals surface area contributed by atoms with Crippen molar-refractivity contribution in [2.75, 3.05) is 7.11 Å². The largest absolute Gasteiger partial charge is 0.469 e.